The third-order valence-corrected chi connectivity index (χ3v) is 5.01. The van der Waals surface area contributed by atoms with Crippen molar-refractivity contribution < 1.29 is 0 Å². The zero-order chi connectivity index (χ0) is 16.5. The molecule has 1 aliphatic heterocycles. The Morgan fingerprint density at radius 3 is 2.83 bits per heavy atom. The van der Waals surface area contributed by atoms with Crippen molar-refractivity contribution in [2.75, 3.05) is 5.73 Å². The number of aryl methyl sites for hydroxylation is 1. The maximum atomic E-state index is 5.82. The number of hydrogen-bond donors (Lipinski definition) is 1. The number of thiazole rings is 1. The first-order valence-electron chi connectivity index (χ1n) is 7.71. The third kappa shape index (κ3) is 2.74. The summed E-state index contributed by atoms with van der Waals surface area (Å²) in [5.41, 5.74) is 12.3. The molecule has 4 nitrogen and oxygen atoms in total. The molecule has 0 amide bonds. The van der Waals surface area contributed by atoms with Gasteiger partial charge in [0, 0.05) is 11.8 Å². The fourth-order valence-corrected chi connectivity index (χ4v) is 3.67. The maximum Gasteiger partial charge on any atom is 0.180 e. The van der Waals surface area contributed by atoms with Crippen LogP contribution >= 0.6 is 11.3 Å². The van der Waals surface area contributed by atoms with Crippen molar-refractivity contribution in [3.63, 3.8) is 0 Å². The minimum atomic E-state index is 0.609. The van der Waals surface area contributed by atoms with Gasteiger partial charge in [0.1, 0.15) is 0 Å². The molecule has 5 heteroatoms. The highest BCUT2D eigenvalue weighted by Crippen LogP contribution is 2.33. The van der Waals surface area contributed by atoms with E-state index in [0.29, 0.717) is 11.7 Å². The van der Waals surface area contributed by atoms with Crippen molar-refractivity contribution >= 4 is 28.3 Å². The van der Waals surface area contributed by atoms with E-state index in [-0.39, 0.29) is 0 Å². The van der Waals surface area contributed by atoms with E-state index in [1.807, 2.05) is 37.3 Å². The fraction of sp³-hybridized carbons (Fsp3) is 0.105. The van der Waals surface area contributed by atoms with Crippen LogP contribution in [0.25, 0.3) is 16.5 Å². The first-order chi connectivity index (χ1) is 11.7. The van der Waals surface area contributed by atoms with Gasteiger partial charge in [0.05, 0.1) is 28.5 Å². The Kier molecular flexibility index (Phi) is 3.70. The van der Waals surface area contributed by atoms with Gasteiger partial charge in [0.25, 0.3) is 0 Å². The zero-order valence-corrected chi connectivity index (χ0v) is 14.0. The third-order valence-electron chi connectivity index (χ3n) is 3.98. The van der Waals surface area contributed by atoms with Gasteiger partial charge in [-0.2, -0.15) is 0 Å². The summed E-state index contributed by atoms with van der Waals surface area (Å²) in [6.45, 7) is 2.70. The van der Waals surface area contributed by atoms with Crippen molar-refractivity contribution in [1.82, 2.24) is 9.97 Å². The Hall–Kier alpha value is -2.79. The van der Waals surface area contributed by atoms with E-state index in [1.54, 1.807) is 6.20 Å². The molecule has 3 heterocycles. The number of fused-ring (bicyclic) bond motifs is 1. The SMILES string of the molecule is Cc1nc(N)sc1-c1ccc2c(c1)CN=C2/C=C/c1ccccn1. The lowest BCUT2D eigenvalue weighted by molar-refractivity contribution is 1.11. The molecule has 0 spiro atoms. The molecular formula is C19H16N4S. The molecule has 0 bridgehead atoms. The average Bonchev–Trinajstić information content (AvgIpc) is 3.16. The number of allylic oxidation sites excluding steroid dienone is 1. The van der Waals surface area contributed by atoms with Crippen molar-refractivity contribution in [2.24, 2.45) is 4.99 Å². The number of pyridine rings is 1. The molecular weight excluding hydrogens is 316 g/mol. The molecule has 0 atom stereocenters. The highest BCUT2D eigenvalue weighted by atomic mass is 32.1. The van der Waals surface area contributed by atoms with E-state index in [4.69, 9.17) is 5.73 Å². The molecule has 24 heavy (non-hydrogen) atoms. The van der Waals surface area contributed by atoms with Crippen LogP contribution in [0.2, 0.25) is 0 Å². The summed E-state index contributed by atoms with van der Waals surface area (Å²) in [7, 11) is 0. The number of nitrogen functional groups attached to an aromatic ring is 1. The first kappa shape index (κ1) is 14.8. The lowest BCUT2D eigenvalue weighted by Gasteiger charge is -2.04. The molecule has 1 aromatic carbocycles. The summed E-state index contributed by atoms with van der Waals surface area (Å²) >= 11 is 1.53. The molecule has 0 saturated heterocycles. The predicted molar refractivity (Wildman–Crippen MR) is 100 cm³/mol. The van der Waals surface area contributed by atoms with Gasteiger partial charge in [0.15, 0.2) is 5.13 Å². The number of hydrogen-bond acceptors (Lipinski definition) is 5. The smallest absolute Gasteiger partial charge is 0.180 e. The molecule has 0 fully saturated rings. The first-order valence-corrected chi connectivity index (χ1v) is 8.52. The average molecular weight is 332 g/mol. The number of nitrogens with two attached hydrogens (primary N) is 1. The largest absolute Gasteiger partial charge is 0.375 e. The van der Waals surface area contributed by atoms with Crippen LogP contribution in [0.15, 0.2) is 53.7 Å². The Labute approximate surface area is 144 Å². The molecule has 0 unspecified atom stereocenters. The predicted octanol–water partition coefficient (Wildman–Crippen LogP) is 4.11. The van der Waals surface area contributed by atoms with Gasteiger partial charge in [0.2, 0.25) is 0 Å². The normalized spacial score (nSPS) is 13.3. The van der Waals surface area contributed by atoms with Crippen LogP contribution in [-0.2, 0) is 6.54 Å². The van der Waals surface area contributed by atoms with Gasteiger partial charge < -0.3 is 5.73 Å². The number of rotatable bonds is 3. The number of aliphatic imine (C=N–C) groups is 1. The van der Waals surface area contributed by atoms with Crippen LogP contribution < -0.4 is 5.73 Å². The molecule has 2 aromatic heterocycles. The molecule has 3 aromatic rings. The van der Waals surface area contributed by atoms with Crippen LogP contribution in [0.3, 0.4) is 0 Å². The summed E-state index contributed by atoms with van der Waals surface area (Å²) in [5, 5.41) is 0.609. The number of benzene rings is 1. The lowest BCUT2D eigenvalue weighted by atomic mass is 10.0. The maximum absolute atomic E-state index is 5.82. The zero-order valence-electron chi connectivity index (χ0n) is 13.2. The second-order valence-corrected chi connectivity index (χ2v) is 6.66. The Morgan fingerprint density at radius 1 is 1.17 bits per heavy atom. The monoisotopic (exact) mass is 332 g/mol. The van der Waals surface area contributed by atoms with E-state index >= 15 is 0 Å². The lowest BCUT2D eigenvalue weighted by Crippen LogP contribution is -1.94. The number of anilines is 1. The van der Waals surface area contributed by atoms with Crippen molar-refractivity contribution in [3.05, 3.63) is 71.2 Å². The second kappa shape index (κ2) is 6.02. The minimum Gasteiger partial charge on any atom is -0.375 e. The second-order valence-electron chi connectivity index (χ2n) is 5.63. The van der Waals surface area contributed by atoms with Gasteiger partial charge in [-0.25, -0.2) is 4.98 Å². The fourth-order valence-electron chi connectivity index (χ4n) is 2.84. The summed E-state index contributed by atoms with van der Waals surface area (Å²) in [6.07, 6.45) is 5.82. The molecule has 4 rings (SSSR count). The van der Waals surface area contributed by atoms with E-state index in [1.165, 1.54) is 22.5 Å². The van der Waals surface area contributed by atoms with Crippen LogP contribution in [0.4, 0.5) is 5.13 Å². The number of aromatic nitrogens is 2. The van der Waals surface area contributed by atoms with Crippen LogP contribution in [0, 0.1) is 6.92 Å². The number of nitrogens with zero attached hydrogens (tertiary/aromatic N) is 3. The molecule has 118 valence electrons. The minimum absolute atomic E-state index is 0.609. The van der Waals surface area contributed by atoms with E-state index in [9.17, 15) is 0 Å². The summed E-state index contributed by atoms with van der Waals surface area (Å²) in [6, 6.07) is 12.3. The van der Waals surface area contributed by atoms with Crippen molar-refractivity contribution in [1.29, 1.82) is 0 Å². The molecule has 0 saturated carbocycles. The topological polar surface area (TPSA) is 64.2 Å². The van der Waals surface area contributed by atoms with Gasteiger partial charge in [-0.3, -0.25) is 9.98 Å². The highest BCUT2D eigenvalue weighted by Gasteiger charge is 2.16. The summed E-state index contributed by atoms with van der Waals surface area (Å²) in [4.78, 5) is 14.4. The van der Waals surface area contributed by atoms with Gasteiger partial charge >= 0.3 is 0 Å². The van der Waals surface area contributed by atoms with Crippen molar-refractivity contribution in [2.45, 2.75) is 13.5 Å². The Bertz CT molecular complexity index is 955. The highest BCUT2D eigenvalue weighted by molar-refractivity contribution is 7.18. The summed E-state index contributed by atoms with van der Waals surface area (Å²) in [5.74, 6) is 0. The van der Waals surface area contributed by atoms with Gasteiger partial charge in [-0.15, -0.1) is 0 Å². The van der Waals surface area contributed by atoms with E-state index < -0.39 is 0 Å². The molecule has 0 radical (unpaired) electrons. The van der Waals surface area contributed by atoms with Crippen LogP contribution in [0.5, 0.6) is 0 Å². The van der Waals surface area contributed by atoms with E-state index in [0.717, 1.165) is 27.5 Å². The van der Waals surface area contributed by atoms with Crippen LogP contribution in [-0.4, -0.2) is 15.7 Å². The van der Waals surface area contributed by atoms with Crippen molar-refractivity contribution in [3.8, 4) is 10.4 Å². The van der Waals surface area contributed by atoms with Crippen LogP contribution in [0.1, 0.15) is 22.5 Å². The molecule has 2 N–H and O–H groups in total. The Balaban J connectivity index is 1.62. The van der Waals surface area contributed by atoms with Gasteiger partial charge in [-0.1, -0.05) is 29.5 Å². The van der Waals surface area contributed by atoms with Gasteiger partial charge in [-0.05, 0) is 48.4 Å². The molecule has 0 aliphatic carbocycles. The quantitative estimate of drug-likeness (QED) is 0.785. The molecule has 1 aliphatic rings. The van der Waals surface area contributed by atoms with E-state index in [2.05, 4.69) is 33.2 Å². The standard InChI is InChI=1S/C19H16N4S/c1-12-18(24-19(20)23-12)13-5-7-16-14(10-13)11-22-17(16)8-6-15-4-2-3-9-21-15/h2-10H,11H2,1H3,(H2,20,23)/b8-6+. The summed E-state index contributed by atoms with van der Waals surface area (Å²) < 4.78 is 0. The Morgan fingerprint density at radius 2 is 2.08 bits per heavy atom.